The molecule has 0 amide bonds. The summed E-state index contributed by atoms with van der Waals surface area (Å²) in [6, 6.07) is 18.5. The largest absolute Gasteiger partial charge is 0.489 e. The van der Waals surface area contributed by atoms with E-state index in [0.717, 1.165) is 22.1 Å². The Labute approximate surface area is 176 Å². The van der Waals surface area contributed by atoms with Crippen LogP contribution in [0.25, 0.3) is 22.1 Å². The highest BCUT2D eigenvalue weighted by atomic mass is 35.5. The molecule has 0 fully saturated rings. The summed E-state index contributed by atoms with van der Waals surface area (Å²) in [5, 5.41) is 12.1. The SMILES string of the molecule is Cc1c(-c2ccc(Cl)cc2)c(=O)oc2cc(OCc3ccc([N+](=O)[O-])cc3)ccc12. The van der Waals surface area contributed by atoms with Gasteiger partial charge in [-0.2, -0.15) is 0 Å². The Morgan fingerprint density at radius 2 is 1.73 bits per heavy atom. The standard InChI is InChI=1S/C23H16ClNO5/c1-14-20-11-10-19(29-13-15-2-8-18(9-3-15)25(27)28)12-21(20)30-23(26)22(14)16-4-6-17(24)7-5-16/h2-12H,13H2,1H3. The van der Waals surface area contributed by atoms with Crippen molar-refractivity contribution < 1.29 is 14.1 Å². The Morgan fingerprint density at radius 1 is 1.03 bits per heavy atom. The smallest absolute Gasteiger partial charge is 0.344 e. The molecule has 4 rings (SSSR count). The number of non-ortho nitro benzene ring substituents is 1. The fourth-order valence-corrected chi connectivity index (χ4v) is 3.38. The molecule has 0 spiro atoms. The van der Waals surface area contributed by atoms with Gasteiger partial charge in [-0.3, -0.25) is 10.1 Å². The molecule has 150 valence electrons. The second-order valence-electron chi connectivity index (χ2n) is 6.77. The van der Waals surface area contributed by atoms with Gasteiger partial charge < -0.3 is 9.15 Å². The highest BCUT2D eigenvalue weighted by Crippen LogP contribution is 2.30. The van der Waals surface area contributed by atoms with Gasteiger partial charge in [-0.1, -0.05) is 23.7 Å². The highest BCUT2D eigenvalue weighted by Gasteiger charge is 2.14. The van der Waals surface area contributed by atoms with Gasteiger partial charge in [-0.15, -0.1) is 0 Å². The zero-order valence-corrected chi connectivity index (χ0v) is 16.7. The van der Waals surface area contributed by atoms with Crippen LogP contribution in [0, 0.1) is 17.0 Å². The maximum Gasteiger partial charge on any atom is 0.344 e. The lowest BCUT2D eigenvalue weighted by Gasteiger charge is -2.10. The molecule has 6 nitrogen and oxygen atoms in total. The van der Waals surface area contributed by atoms with Crippen molar-refractivity contribution in [3.05, 3.63) is 103 Å². The van der Waals surface area contributed by atoms with Gasteiger partial charge in [0.1, 0.15) is 17.9 Å². The molecule has 0 atom stereocenters. The first-order chi connectivity index (χ1) is 14.4. The number of nitro benzene ring substituents is 1. The summed E-state index contributed by atoms with van der Waals surface area (Å²) in [4.78, 5) is 22.9. The third-order valence-corrected chi connectivity index (χ3v) is 5.08. The minimum Gasteiger partial charge on any atom is -0.489 e. The van der Waals surface area contributed by atoms with E-state index in [9.17, 15) is 14.9 Å². The van der Waals surface area contributed by atoms with Crippen LogP contribution in [0.2, 0.25) is 5.02 Å². The first-order valence-electron chi connectivity index (χ1n) is 9.12. The summed E-state index contributed by atoms with van der Waals surface area (Å²) < 4.78 is 11.3. The Hall–Kier alpha value is -3.64. The van der Waals surface area contributed by atoms with Crippen molar-refractivity contribution in [2.24, 2.45) is 0 Å². The molecule has 7 heteroatoms. The molecule has 0 bridgehead atoms. The fraction of sp³-hybridized carbons (Fsp3) is 0.0870. The Kier molecular flexibility index (Phi) is 5.25. The van der Waals surface area contributed by atoms with E-state index in [1.165, 1.54) is 12.1 Å². The molecule has 1 aromatic heterocycles. The van der Waals surface area contributed by atoms with E-state index in [-0.39, 0.29) is 12.3 Å². The molecular formula is C23H16ClNO5. The number of nitrogens with zero attached hydrogens (tertiary/aromatic N) is 1. The minimum atomic E-state index is -0.448. The van der Waals surface area contributed by atoms with Gasteiger partial charge >= 0.3 is 5.63 Å². The van der Waals surface area contributed by atoms with E-state index in [1.54, 1.807) is 48.5 Å². The van der Waals surface area contributed by atoms with Crippen LogP contribution in [0.5, 0.6) is 5.75 Å². The maximum atomic E-state index is 12.6. The summed E-state index contributed by atoms with van der Waals surface area (Å²) >= 11 is 5.94. The van der Waals surface area contributed by atoms with Crippen LogP contribution in [0.1, 0.15) is 11.1 Å². The first-order valence-corrected chi connectivity index (χ1v) is 9.50. The summed E-state index contributed by atoms with van der Waals surface area (Å²) in [6.45, 7) is 2.11. The van der Waals surface area contributed by atoms with Gasteiger partial charge in [0.2, 0.25) is 0 Å². The third-order valence-electron chi connectivity index (χ3n) is 4.82. The van der Waals surface area contributed by atoms with E-state index in [2.05, 4.69) is 0 Å². The molecule has 0 aliphatic carbocycles. The predicted molar refractivity (Wildman–Crippen MR) is 115 cm³/mol. The normalized spacial score (nSPS) is 10.9. The van der Waals surface area contributed by atoms with Crippen molar-refractivity contribution in [3.8, 4) is 16.9 Å². The number of nitro groups is 1. The lowest BCUT2D eigenvalue weighted by atomic mass is 10.00. The molecule has 0 saturated carbocycles. The van der Waals surface area contributed by atoms with Crippen LogP contribution in [-0.4, -0.2) is 4.92 Å². The van der Waals surface area contributed by atoms with Crippen LogP contribution in [-0.2, 0) is 6.61 Å². The Morgan fingerprint density at radius 3 is 2.40 bits per heavy atom. The number of benzene rings is 3. The topological polar surface area (TPSA) is 82.6 Å². The first kappa shape index (κ1) is 19.7. The molecule has 3 aromatic carbocycles. The predicted octanol–water partition coefficient (Wildman–Crippen LogP) is 5.91. The number of hydrogen-bond acceptors (Lipinski definition) is 5. The Bertz CT molecular complexity index is 1290. The van der Waals surface area contributed by atoms with Gasteiger partial charge in [0.25, 0.3) is 5.69 Å². The van der Waals surface area contributed by atoms with Crippen molar-refractivity contribution in [1.29, 1.82) is 0 Å². The molecule has 0 aliphatic rings. The van der Waals surface area contributed by atoms with Crippen LogP contribution < -0.4 is 10.4 Å². The number of hydrogen-bond donors (Lipinski definition) is 0. The molecule has 0 saturated heterocycles. The van der Waals surface area contributed by atoms with Crippen molar-refractivity contribution in [3.63, 3.8) is 0 Å². The van der Waals surface area contributed by atoms with Gasteiger partial charge in [0, 0.05) is 28.6 Å². The highest BCUT2D eigenvalue weighted by molar-refractivity contribution is 6.30. The van der Waals surface area contributed by atoms with E-state index >= 15 is 0 Å². The molecule has 30 heavy (non-hydrogen) atoms. The van der Waals surface area contributed by atoms with E-state index in [1.807, 2.05) is 13.0 Å². The Balaban J connectivity index is 1.61. The average molecular weight is 422 g/mol. The van der Waals surface area contributed by atoms with Crippen LogP contribution >= 0.6 is 11.6 Å². The lowest BCUT2D eigenvalue weighted by molar-refractivity contribution is -0.384. The second kappa shape index (κ2) is 8.00. The zero-order valence-electron chi connectivity index (χ0n) is 15.9. The quantitative estimate of drug-likeness (QED) is 0.227. The third kappa shape index (κ3) is 3.90. The summed E-state index contributed by atoms with van der Waals surface area (Å²) in [7, 11) is 0. The molecule has 0 unspecified atom stereocenters. The van der Waals surface area contributed by atoms with Crippen LogP contribution in [0.3, 0.4) is 0 Å². The zero-order chi connectivity index (χ0) is 21.3. The number of halogens is 1. The van der Waals surface area contributed by atoms with Gasteiger partial charge in [0.05, 0.1) is 10.5 Å². The maximum absolute atomic E-state index is 12.6. The number of rotatable bonds is 5. The monoisotopic (exact) mass is 421 g/mol. The minimum absolute atomic E-state index is 0.0261. The van der Waals surface area contributed by atoms with Gasteiger partial charge in [-0.05, 0) is 60.0 Å². The summed E-state index contributed by atoms with van der Waals surface area (Å²) in [5.74, 6) is 0.530. The van der Waals surface area contributed by atoms with Crippen molar-refractivity contribution in [1.82, 2.24) is 0 Å². The number of ether oxygens (including phenoxy) is 1. The van der Waals surface area contributed by atoms with Crippen molar-refractivity contribution >= 4 is 28.3 Å². The molecule has 1 heterocycles. The molecule has 0 aliphatic heterocycles. The average Bonchev–Trinajstić information content (AvgIpc) is 2.73. The van der Waals surface area contributed by atoms with E-state index in [0.29, 0.717) is 21.9 Å². The van der Waals surface area contributed by atoms with Crippen molar-refractivity contribution in [2.75, 3.05) is 0 Å². The molecule has 4 aromatic rings. The number of fused-ring (bicyclic) bond motifs is 1. The fourth-order valence-electron chi connectivity index (χ4n) is 3.26. The van der Waals surface area contributed by atoms with Gasteiger partial charge in [-0.25, -0.2) is 4.79 Å². The van der Waals surface area contributed by atoms with E-state index in [4.69, 9.17) is 20.8 Å². The molecule has 0 N–H and O–H groups in total. The summed E-state index contributed by atoms with van der Waals surface area (Å²) in [5.41, 5.74) is 2.86. The van der Waals surface area contributed by atoms with Crippen LogP contribution in [0.4, 0.5) is 5.69 Å². The van der Waals surface area contributed by atoms with E-state index < -0.39 is 10.5 Å². The lowest BCUT2D eigenvalue weighted by Crippen LogP contribution is -2.06. The van der Waals surface area contributed by atoms with Crippen LogP contribution in [0.15, 0.2) is 75.9 Å². The summed E-state index contributed by atoms with van der Waals surface area (Å²) in [6.07, 6.45) is 0. The van der Waals surface area contributed by atoms with Crippen molar-refractivity contribution in [2.45, 2.75) is 13.5 Å². The molecular weight excluding hydrogens is 406 g/mol. The van der Waals surface area contributed by atoms with Gasteiger partial charge in [0.15, 0.2) is 0 Å². The molecule has 0 radical (unpaired) electrons. The second-order valence-corrected chi connectivity index (χ2v) is 7.20. The number of aryl methyl sites for hydroxylation is 1.